The number of nitrogens with zero attached hydrogens (tertiary/aromatic N) is 1. The summed E-state index contributed by atoms with van der Waals surface area (Å²) in [5.74, 6) is 0. The van der Waals surface area contributed by atoms with Gasteiger partial charge in [0.2, 0.25) is 0 Å². The van der Waals surface area contributed by atoms with Crippen molar-refractivity contribution in [1.82, 2.24) is 15.5 Å². The molecule has 9 heteroatoms. The molecule has 25 heavy (non-hydrogen) atoms. The minimum Gasteiger partial charge on any atom is -0.378 e. The summed E-state index contributed by atoms with van der Waals surface area (Å²) in [4.78, 5) is 14.3. The van der Waals surface area contributed by atoms with Crippen molar-refractivity contribution >= 4 is 41.6 Å². The van der Waals surface area contributed by atoms with Crippen LogP contribution in [-0.2, 0) is 9.47 Å². The van der Waals surface area contributed by atoms with E-state index in [1.165, 1.54) is 0 Å². The van der Waals surface area contributed by atoms with Crippen molar-refractivity contribution in [1.29, 1.82) is 0 Å². The largest absolute Gasteiger partial charge is 0.378 e. The third-order valence-corrected chi connectivity index (χ3v) is 4.92. The fraction of sp³-hybridized carbons (Fsp3) is 0.562. The number of carbonyl (C=O) groups excluding carboxylic acids is 1. The van der Waals surface area contributed by atoms with Gasteiger partial charge in [-0.05, 0) is 17.7 Å². The van der Waals surface area contributed by atoms with E-state index in [0.717, 1.165) is 12.1 Å². The topological polar surface area (TPSA) is 62.8 Å². The van der Waals surface area contributed by atoms with E-state index in [4.69, 9.17) is 32.7 Å². The predicted octanol–water partition coefficient (Wildman–Crippen LogP) is 2.49. The molecule has 6 nitrogen and oxygen atoms in total. The Kier molecular flexibility index (Phi) is 8.06. The highest BCUT2D eigenvalue weighted by Crippen LogP contribution is 2.29. The van der Waals surface area contributed by atoms with E-state index in [0.29, 0.717) is 49.5 Å². The number of hydrogen-bond donors (Lipinski definition) is 2. The number of nitrogens with one attached hydrogen (secondary N) is 2. The first kappa shape index (κ1) is 20.6. The van der Waals surface area contributed by atoms with E-state index in [-0.39, 0.29) is 30.6 Å². The fourth-order valence-electron chi connectivity index (χ4n) is 2.90. The molecular weight excluding hydrogens is 389 g/mol. The van der Waals surface area contributed by atoms with Crippen LogP contribution in [0, 0.1) is 0 Å². The zero-order chi connectivity index (χ0) is 16.9. The lowest BCUT2D eigenvalue weighted by atomic mass is 10.0. The molecule has 0 aromatic heterocycles. The van der Waals surface area contributed by atoms with Crippen molar-refractivity contribution in [3.8, 4) is 0 Å². The minimum atomic E-state index is -0.278. The molecule has 0 radical (unpaired) electrons. The summed E-state index contributed by atoms with van der Waals surface area (Å²) in [5.41, 5.74) is 0.903. The number of carbonyl (C=O) groups is 1. The number of amides is 2. The van der Waals surface area contributed by atoms with Crippen LogP contribution in [-0.4, -0.2) is 63.0 Å². The van der Waals surface area contributed by atoms with Crippen molar-refractivity contribution < 1.29 is 14.3 Å². The van der Waals surface area contributed by atoms with Gasteiger partial charge in [0.1, 0.15) is 6.10 Å². The Balaban J connectivity index is 0.00000225. The summed E-state index contributed by atoms with van der Waals surface area (Å²) in [7, 11) is 0. The van der Waals surface area contributed by atoms with E-state index < -0.39 is 0 Å². The van der Waals surface area contributed by atoms with Crippen LogP contribution in [0.25, 0.3) is 0 Å². The number of ether oxygens (including phenoxy) is 2. The van der Waals surface area contributed by atoms with Gasteiger partial charge in [-0.3, -0.25) is 0 Å². The van der Waals surface area contributed by atoms with Gasteiger partial charge < -0.3 is 25.0 Å². The third kappa shape index (κ3) is 5.36. The molecule has 2 saturated heterocycles. The monoisotopic (exact) mass is 409 g/mol. The molecule has 0 spiro atoms. The quantitative estimate of drug-likeness (QED) is 0.786. The average Bonchev–Trinajstić information content (AvgIpc) is 2.83. The first-order valence-corrected chi connectivity index (χ1v) is 8.81. The van der Waals surface area contributed by atoms with Crippen molar-refractivity contribution in [2.24, 2.45) is 0 Å². The molecule has 0 bridgehead atoms. The van der Waals surface area contributed by atoms with E-state index in [1.54, 1.807) is 17.0 Å². The Bertz CT molecular complexity index is 585. The van der Waals surface area contributed by atoms with Gasteiger partial charge in [-0.25, -0.2) is 4.79 Å². The second kappa shape index (κ2) is 9.80. The first-order valence-electron chi connectivity index (χ1n) is 8.05. The van der Waals surface area contributed by atoms with Gasteiger partial charge in [-0.1, -0.05) is 29.3 Å². The lowest BCUT2D eigenvalue weighted by Gasteiger charge is -2.31. The van der Waals surface area contributed by atoms with E-state index in [1.807, 2.05) is 6.07 Å². The maximum Gasteiger partial charge on any atom is 0.317 e. The van der Waals surface area contributed by atoms with Crippen LogP contribution >= 0.6 is 35.6 Å². The molecular formula is C16H22Cl3N3O3. The lowest BCUT2D eigenvalue weighted by Crippen LogP contribution is -2.52. The Hall–Kier alpha value is -0.760. The maximum absolute atomic E-state index is 12.5. The molecule has 2 aliphatic heterocycles. The van der Waals surface area contributed by atoms with Crippen LogP contribution in [0.5, 0.6) is 0 Å². The average molecular weight is 411 g/mol. The number of morpholine rings is 1. The van der Waals surface area contributed by atoms with Gasteiger partial charge in [0.05, 0.1) is 35.9 Å². The maximum atomic E-state index is 12.5. The zero-order valence-electron chi connectivity index (χ0n) is 13.7. The number of hydrogen-bond acceptors (Lipinski definition) is 4. The van der Waals surface area contributed by atoms with Gasteiger partial charge in [0, 0.05) is 26.2 Å². The van der Waals surface area contributed by atoms with E-state index >= 15 is 0 Å². The summed E-state index contributed by atoms with van der Waals surface area (Å²) in [6.45, 7) is 4.28. The summed E-state index contributed by atoms with van der Waals surface area (Å²) < 4.78 is 11.3. The van der Waals surface area contributed by atoms with E-state index in [9.17, 15) is 4.79 Å². The predicted molar refractivity (Wildman–Crippen MR) is 100.0 cm³/mol. The van der Waals surface area contributed by atoms with Gasteiger partial charge in [-0.2, -0.15) is 0 Å². The zero-order valence-corrected chi connectivity index (χ0v) is 16.0. The fourth-order valence-corrected chi connectivity index (χ4v) is 3.21. The molecule has 3 rings (SSSR count). The normalized spacial score (nSPS) is 24.2. The number of halogens is 3. The van der Waals surface area contributed by atoms with Gasteiger partial charge in [0.25, 0.3) is 0 Å². The Morgan fingerprint density at radius 3 is 2.68 bits per heavy atom. The van der Waals surface area contributed by atoms with Crippen LogP contribution in [0.3, 0.4) is 0 Å². The van der Waals surface area contributed by atoms with Gasteiger partial charge in [0.15, 0.2) is 0 Å². The summed E-state index contributed by atoms with van der Waals surface area (Å²) in [5, 5.41) is 7.35. The summed E-state index contributed by atoms with van der Waals surface area (Å²) in [6, 6.07) is 5.15. The van der Waals surface area contributed by atoms with E-state index in [2.05, 4.69) is 10.6 Å². The number of rotatable bonds is 2. The van der Waals surface area contributed by atoms with Crippen LogP contribution in [0.2, 0.25) is 10.0 Å². The minimum absolute atomic E-state index is 0. The summed E-state index contributed by atoms with van der Waals surface area (Å²) >= 11 is 12.1. The highest BCUT2D eigenvalue weighted by molar-refractivity contribution is 6.42. The van der Waals surface area contributed by atoms with Gasteiger partial charge >= 0.3 is 6.03 Å². The first-order chi connectivity index (χ1) is 11.6. The van der Waals surface area contributed by atoms with Crippen LogP contribution in [0.1, 0.15) is 11.7 Å². The highest BCUT2D eigenvalue weighted by atomic mass is 35.5. The molecule has 0 aliphatic carbocycles. The van der Waals surface area contributed by atoms with Crippen LogP contribution in [0.4, 0.5) is 4.79 Å². The smallest absolute Gasteiger partial charge is 0.317 e. The molecule has 2 N–H and O–H groups in total. The second-order valence-electron chi connectivity index (χ2n) is 5.82. The second-order valence-corrected chi connectivity index (χ2v) is 6.64. The molecule has 2 aliphatic rings. The number of urea groups is 1. The molecule has 1 aromatic rings. The number of benzene rings is 1. The van der Waals surface area contributed by atoms with Crippen molar-refractivity contribution in [2.45, 2.75) is 12.1 Å². The molecule has 0 unspecified atom stereocenters. The Morgan fingerprint density at radius 2 is 1.96 bits per heavy atom. The molecule has 2 amide bonds. The van der Waals surface area contributed by atoms with Crippen molar-refractivity contribution in [3.05, 3.63) is 33.8 Å². The van der Waals surface area contributed by atoms with Gasteiger partial charge in [-0.15, -0.1) is 12.4 Å². The Morgan fingerprint density at radius 1 is 1.20 bits per heavy atom. The molecule has 2 fully saturated rings. The molecule has 2 atom stereocenters. The highest BCUT2D eigenvalue weighted by Gasteiger charge is 2.29. The lowest BCUT2D eigenvalue weighted by molar-refractivity contribution is 0.0358. The third-order valence-electron chi connectivity index (χ3n) is 4.19. The standard InChI is InChI=1S/C16H21Cl2N3O3.ClH/c17-12-2-1-11(9-13(12)18)15-14(10-19-3-6-24-15)20-16(22)21-4-7-23-8-5-21;/h1-2,9,14-15,19H,3-8,10H2,(H,20,22);1H/t14-,15+;/m1./s1. The summed E-state index contributed by atoms with van der Waals surface area (Å²) in [6.07, 6.45) is -0.278. The molecule has 1 aromatic carbocycles. The van der Waals surface area contributed by atoms with Crippen LogP contribution in [0.15, 0.2) is 18.2 Å². The van der Waals surface area contributed by atoms with Crippen molar-refractivity contribution in [3.63, 3.8) is 0 Å². The van der Waals surface area contributed by atoms with Crippen molar-refractivity contribution in [2.75, 3.05) is 46.0 Å². The molecule has 0 saturated carbocycles. The molecule has 140 valence electrons. The molecule has 2 heterocycles. The SMILES string of the molecule is Cl.O=C(N[C@@H]1CNCCO[C@H]1c1ccc(Cl)c(Cl)c1)N1CCOCC1. The Labute approximate surface area is 163 Å². The van der Waals surface area contributed by atoms with Crippen LogP contribution < -0.4 is 10.6 Å².